The second-order valence-corrected chi connectivity index (χ2v) is 7.73. The number of rotatable bonds is 8. The van der Waals surface area contributed by atoms with Crippen molar-refractivity contribution in [3.05, 3.63) is 99.9 Å². The number of nitrogens with zero attached hydrogens (tertiary/aromatic N) is 3. The van der Waals surface area contributed by atoms with Crippen LogP contribution < -0.4 is 5.43 Å². The zero-order chi connectivity index (χ0) is 23.0. The first-order chi connectivity index (χ1) is 16.1. The minimum Gasteiger partial charge on any atom is -0.412 e. The molecule has 0 radical (unpaired) electrons. The van der Waals surface area contributed by atoms with Crippen LogP contribution in [0.2, 0.25) is 0 Å². The Morgan fingerprint density at radius 2 is 1.67 bits per heavy atom. The highest BCUT2D eigenvalue weighted by atomic mass is 32.1. The lowest BCUT2D eigenvalue weighted by Crippen LogP contribution is -2.11. The molecule has 0 aliphatic carbocycles. The van der Waals surface area contributed by atoms with Gasteiger partial charge in [-0.05, 0) is 11.1 Å². The summed E-state index contributed by atoms with van der Waals surface area (Å²) in [5, 5.41) is 17.7. The molecule has 4 aromatic rings. The minimum absolute atomic E-state index is 0.0109. The Morgan fingerprint density at radius 1 is 1.00 bits per heavy atom. The predicted molar refractivity (Wildman–Crippen MR) is 128 cm³/mol. The number of anilines is 1. The molecule has 0 fully saturated rings. The van der Waals surface area contributed by atoms with E-state index in [1.165, 1.54) is 17.4 Å². The van der Waals surface area contributed by atoms with E-state index in [-0.39, 0.29) is 24.5 Å². The van der Waals surface area contributed by atoms with Gasteiger partial charge in [-0.3, -0.25) is 14.9 Å². The van der Waals surface area contributed by atoms with Crippen molar-refractivity contribution in [1.82, 2.24) is 4.98 Å². The van der Waals surface area contributed by atoms with Gasteiger partial charge in [0.25, 0.3) is 12.2 Å². The van der Waals surface area contributed by atoms with E-state index in [0.29, 0.717) is 10.7 Å². The van der Waals surface area contributed by atoms with Crippen LogP contribution in [0.4, 0.5) is 10.8 Å². The molecule has 0 unspecified atom stereocenters. The normalized spacial score (nSPS) is 11.1. The van der Waals surface area contributed by atoms with E-state index < -0.39 is 4.92 Å². The van der Waals surface area contributed by atoms with Gasteiger partial charge in [-0.1, -0.05) is 72.8 Å². The number of nitro groups is 1. The smallest absolute Gasteiger partial charge is 0.299 e. The predicted octanol–water partition coefficient (Wildman–Crippen LogP) is 5.53. The third-order valence-corrected chi connectivity index (χ3v) is 5.53. The van der Waals surface area contributed by atoms with E-state index in [0.717, 1.165) is 22.4 Å². The fraction of sp³-hybridized carbons (Fsp3) is 0.0417. The molecule has 0 bridgehead atoms. The number of hydrogen-bond acceptors (Lipinski definition) is 8. The Balaban J connectivity index is 1.48. The average Bonchev–Trinajstić information content (AvgIpc) is 3.33. The first-order valence-electron chi connectivity index (χ1n) is 9.90. The molecule has 3 aromatic carbocycles. The lowest BCUT2D eigenvalue weighted by Gasteiger charge is -2.05. The Morgan fingerprint density at radius 3 is 2.39 bits per heavy atom. The Hall–Kier alpha value is -4.37. The van der Waals surface area contributed by atoms with E-state index in [4.69, 9.17) is 4.74 Å². The van der Waals surface area contributed by atoms with Crippen LogP contribution in [0.3, 0.4) is 0 Å². The molecule has 9 heteroatoms. The molecule has 4 rings (SSSR count). The minimum atomic E-state index is -0.489. The summed E-state index contributed by atoms with van der Waals surface area (Å²) in [7, 11) is 0. The number of nitrogens with one attached hydrogen (secondary N) is 1. The summed E-state index contributed by atoms with van der Waals surface area (Å²) in [6.45, 7) is 0.233. The van der Waals surface area contributed by atoms with Crippen LogP contribution in [0.25, 0.3) is 22.4 Å². The maximum atomic E-state index is 11.2. The van der Waals surface area contributed by atoms with Crippen molar-refractivity contribution in [3.8, 4) is 22.4 Å². The molecule has 1 aromatic heterocycles. The van der Waals surface area contributed by atoms with Gasteiger partial charge >= 0.3 is 0 Å². The zero-order valence-corrected chi connectivity index (χ0v) is 18.1. The number of nitro benzene ring substituents is 1. The SMILES string of the molecule is O=CO/C(Cc1ccccc1[N+](=O)[O-])=N/Nc1nc(-c2ccc(-c3ccccc3)cc2)cs1. The second kappa shape index (κ2) is 10.3. The third-order valence-electron chi connectivity index (χ3n) is 4.78. The van der Waals surface area contributed by atoms with Crippen LogP contribution in [0, 0.1) is 10.1 Å². The summed E-state index contributed by atoms with van der Waals surface area (Å²) < 4.78 is 4.91. The van der Waals surface area contributed by atoms with Crippen molar-refractivity contribution >= 4 is 34.5 Å². The molecule has 0 saturated heterocycles. The van der Waals surface area contributed by atoms with Gasteiger partial charge in [0.1, 0.15) is 0 Å². The molecule has 0 spiro atoms. The van der Waals surface area contributed by atoms with E-state index in [2.05, 4.69) is 27.6 Å². The Labute approximate surface area is 193 Å². The molecular weight excluding hydrogens is 440 g/mol. The highest BCUT2D eigenvalue weighted by molar-refractivity contribution is 7.14. The molecule has 1 heterocycles. The molecule has 0 aliphatic rings. The van der Waals surface area contributed by atoms with Crippen molar-refractivity contribution in [1.29, 1.82) is 0 Å². The first kappa shape index (κ1) is 21.8. The van der Waals surface area contributed by atoms with Gasteiger partial charge in [-0.2, -0.15) is 0 Å². The fourth-order valence-electron chi connectivity index (χ4n) is 3.20. The van der Waals surface area contributed by atoms with Gasteiger partial charge in [0.2, 0.25) is 11.0 Å². The molecule has 8 nitrogen and oxygen atoms in total. The summed E-state index contributed by atoms with van der Waals surface area (Å²) >= 11 is 1.34. The fourth-order valence-corrected chi connectivity index (χ4v) is 3.86. The zero-order valence-electron chi connectivity index (χ0n) is 17.3. The number of aromatic nitrogens is 1. The van der Waals surface area contributed by atoms with Crippen LogP contribution in [-0.2, 0) is 16.0 Å². The number of hydrogen-bond donors (Lipinski definition) is 1. The number of thiazole rings is 1. The van der Waals surface area contributed by atoms with Crippen molar-refractivity contribution in [3.63, 3.8) is 0 Å². The molecule has 164 valence electrons. The quantitative estimate of drug-likeness (QED) is 0.122. The summed E-state index contributed by atoms with van der Waals surface area (Å²) in [4.78, 5) is 26.1. The number of ether oxygens (including phenoxy) is 1. The van der Waals surface area contributed by atoms with Gasteiger partial charge < -0.3 is 4.74 Å². The molecule has 33 heavy (non-hydrogen) atoms. The van der Waals surface area contributed by atoms with Crippen LogP contribution in [0.5, 0.6) is 0 Å². The molecule has 0 saturated carbocycles. The third kappa shape index (κ3) is 5.46. The number of hydrazone groups is 1. The van der Waals surface area contributed by atoms with Gasteiger partial charge in [0.15, 0.2) is 0 Å². The van der Waals surface area contributed by atoms with E-state index >= 15 is 0 Å². The first-order valence-corrected chi connectivity index (χ1v) is 10.8. The maximum Gasteiger partial charge on any atom is 0.299 e. The molecule has 1 N–H and O–H groups in total. The number of carbonyl (C=O) groups is 1. The van der Waals surface area contributed by atoms with Crippen molar-refractivity contribution in [2.75, 3.05) is 5.43 Å². The second-order valence-electron chi connectivity index (χ2n) is 6.88. The summed E-state index contributed by atoms with van der Waals surface area (Å²) in [6, 6.07) is 24.4. The number of benzene rings is 3. The average molecular weight is 458 g/mol. The molecular formula is C24H18N4O4S. The van der Waals surface area contributed by atoms with Gasteiger partial charge in [0, 0.05) is 22.6 Å². The number of para-hydroxylation sites is 1. The monoisotopic (exact) mass is 458 g/mol. The van der Waals surface area contributed by atoms with Gasteiger partial charge in [-0.15, -0.1) is 16.4 Å². The standard InChI is InChI=1S/C24H18N4O4S/c29-16-32-23(14-20-8-4-5-9-22(20)28(30)31)26-27-24-25-21(15-33-24)19-12-10-18(11-13-19)17-6-2-1-3-7-17/h1-13,15-16H,14H2,(H,25,27)/b26-23+. The molecule has 0 aliphatic heterocycles. The summed E-state index contributed by atoms with van der Waals surface area (Å²) in [5.74, 6) is -0.0109. The lowest BCUT2D eigenvalue weighted by atomic mass is 10.0. The molecule has 0 atom stereocenters. The summed E-state index contributed by atoms with van der Waals surface area (Å²) in [5.41, 5.74) is 7.05. The van der Waals surface area contributed by atoms with E-state index in [9.17, 15) is 14.9 Å². The van der Waals surface area contributed by atoms with Crippen LogP contribution in [0.15, 0.2) is 89.3 Å². The highest BCUT2D eigenvalue weighted by Crippen LogP contribution is 2.28. The van der Waals surface area contributed by atoms with E-state index in [1.807, 2.05) is 47.8 Å². The highest BCUT2D eigenvalue weighted by Gasteiger charge is 2.16. The van der Waals surface area contributed by atoms with E-state index in [1.54, 1.807) is 18.2 Å². The Bertz CT molecular complexity index is 1290. The largest absolute Gasteiger partial charge is 0.412 e. The Kier molecular flexibility index (Phi) is 6.81. The van der Waals surface area contributed by atoms with Gasteiger partial charge in [-0.25, -0.2) is 10.4 Å². The number of carbonyl (C=O) groups excluding carboxylic acids is 1. The topological polar surface area (TPSA) is 107 Å². The van der Waals surface area contributed by atoms with Gasteiger partial charge in [0.05, 0.1) is 17.0 Å². The molecule has 0 amide bonds. The maximum absolute atomic E-state index is 11.2. The van der Waals surface area contributed by atoms with Crippen LogP contribution in [0.1, 0.15) is 5.56 Å². The van der Waals surface area contributed by atoms with Crippen LogP contribution >= 0.6 is 11.3 Å². The van der Waals surface area contributed by atoms with Crippen molar-refractivity contribution in [2.45, 2.75) is 6.42 Å². The van der Waals surface area contributed by atoms with Crippen molar-refractivity contribution < 1.29 is 14.5 Å². The van der Waals surface area contributed by atoms with Crippen LogP contribution in [-0.4, -0.2) is 22.3 Å². The van der Waals surface area contributed by atoms with Crippen molar-refractivity contribution in [2.24, 2.45) is 5.10 Å². The summed E-state index contributed by atoms with van der Waals surface area (Å²) in [6.07, 6.45) is -0.0257. The lowest BCUT2D eigenvalue weighted by molar-refractivity contribution is -0.385.